The molecule has 148 valence electrons. The van der Waals surface area contributed by atoms with Crippen molar-refractivity contribution in [2.24, 2.45) is 0 Å². The maximum absolute atomic E-state index is 13.8. The minimum atomic E-state index is -0.963. The van der Waals surface area contributed by atoms with E-state index in [-0.39, 0.29) is 35.4 Å². The zero-order chi connectivity index (χ0) is 21.1. The normalized spacial score (nSPS) is 11.7. The van der Waals surface area contributed by atoms with Crippen LogP contribution in [0.25, 0.3) is 11.3 Å². The zero-order valence-electron chi connectivity index (χ0n) is 15.4. The average molecular weight is 399 g/mol. The molecule has 0 aliphatic heterocycles. The van der Waals surface area contributed by atoms with Gasteiger partial charge in [0.05, 0.1) is 11.7 Å². The largest absolute Gasteiger partial charge is 0.352 e. The molecule has 8 nitrogen and oxygen atoms in total. The Hall–Kier alpha value is -3.87. The van der Waals surface area contributed by atoms with Gasteiger partial charge >= 0.3 is 0 Å². The molecular formula is C19H15F2N5O3. The summed E-state index contributed by atoms with van der Waals surface area (Å²) >= 11 is 0. The molecule has 0 radical (unpaired) electrons. The second-order valence-corrected chi connectivity index (χ2v) is 6.30. The molecule has 1 aromatic carbocycles. The summed E-state index contributed by atoms with van der Waals surface area (Å²) in [5.41, 5.74) is -0.168. The smallest absolute Gasteiger partial charge is 0.273 e. The van der Waals surface area contributed by atoms with Crippen LogP contribution >= 0.6 is 0 Å². The lowest BCUT2D eigenvalue weighted by atomic mass is 10.1. The van der Waals surface area contributed by atoms with Gasteiger partial charge in [0.25, 0.3) is 5.91 Å². The number of aromatic nitrogens is 3. The summed E-state index contributed by atoms with van der Waals surface area (Å²) in [4.78, 5) is 23.3. The SMILES string of the molecule is CC(=O)c1cc(C(=O)NCC(C)n2ccc(-c3cc(F)c(C#N)c(F)c3)n2)no1. The monoisotopic (exact) mass is 399 g/mol. The fourth-order valence-corrected chi connectivity index (χ4v) is 2.54. The van der Waals surface area contributed by atoms with Crippen molar-refractivity contribution < 1.29 is 22.9 Å². The van der Waals surface area contributed by atoms with Gasteiger partial charge in [-0.3, -0.25) is 14.3 Å². The number of rotatable bonds is 6. The zero-order valence-corrected chi connectivity index (χ0v) is 15.4. The van der Waals surface area contributed by atoms with Crippen molar-refractivity contribution in [1.82, 2.24) is 20.3 Å². The highest BCUT2D eigenvalue weighted by Crippen LogP contribution is 2.23. The number of Topliss-reactive ketones (excluding diaryl/α,β-unsaturated/α-hetero) is 1. The van der Waals surface area contributed by atoms with Crippen LogP contribution < -0.4 is 5.32 Å². The molecule has 0 aliphatic rings. The number of halogens is 2. The number of amides is 1. The number of hydrogen-bond acceptors (Lipinski definition) is 6. The van der Waals surface area contributed by atoms with Crippen LogP contribution in [0.3, 0.4) is 0 Å². The number of benzene rings is 1. The summed E-state index contributed by atoms with van der Waals surface area (Å²) in [7, 11) is 0. The van der Waals surface area contributed by atoms with E-state index in [2.05, 4.69) is 15.6 Å². The second kappa shape index (κ2) is 8.02. The Kier molecular flexibility index (Phi) is 5.50. The van der Waals surface area contributed by atoms with E-state index in [9.17, 15) is 18.4 Å². The number of ketones is 1. The van der Waals surface area contributed by atoms with Crippen molar-refractivity contribution >= 4 is 11.7 Å². The lowest BCUT2D eigenvalue weighted by Crippen LogP contribution is -2.30. The van der Waals surface area contributed by atoms with Gasteiger partial charge in [-0.05, 0) is 25.1 Å². The van der Waals surface area contributed by atoms with Crippen LogP contribution in [0, 0.1) is 23.0 Å². The van der Waals surface area contributed by atoms with Crippen LogP contribution in [-0.4, -0.2) is 33.2 Å². The third-order valence-electron chi connectivity index (χ3n) is 4.16. The Bertz CT molecular complexity index is 1110. The van der Waals surface area contributed by atoms with E-state index in [4.69, 9.17) is 9.78 Å². The van der Waals surface area contributed by atoms with Crippen molar-refractivity contribution in [3.8, 4) is 17.3 Å². The third kappa shape index (κ3) is 4.19. The van der Waals surface area contributed by atoms with Crippen molar-refractivity contribution in [3.63, 3.8) is 0 Å². The molecule has 1 unspecified atom stereocenters. The van der Waals surface area contributed by atoms with E-state index in [1.54, 1.807) is 19.2 Å². The lowest BCUT2D eigenvalue weighted by molar-refractivity contribution is 0.0933. The highest BCUT2D eigenvalue weighted by Gasteiger charge is 2.17. The molecule has 1 N–H and O–H groups in total. The molecule has 0 spiro atoms. The van der Waals surface area contributed by atoms with Crippen molar-refractivity contribution in [3.05, 3.63) is 59.1 Å². The molecule has 29 heavy (non-hydrogen) atoms. The highest BCUT2D eigenvalue weighted by molar-refractivity contribution is 5.96. The molecule has 10 heteroatoms. The number of nitrogens with zero attached hydrogens (tertiary/aromatic N) is 4. The topological polar surface area (TPSA) is 114 Å². The summed E-state index contributed by atoms with van der Waals surface area (Å²) in [5.74, 6) is -2.80. The maximum Gasteiger partial charge on any atom is 0.273 e. The summed E-state index contributed by atoms with van der Waals surface area (Å²) in [5, 5.41) is 19.2. The van der Waals surface area contributed by atoms with Gasteiger partial charge < -0.3 is 9.84 Å². The Balaban J connectivity index is 1.68. The number of nitriles is 1. The van der Waals surface area contributed by atoms with E-state index in [1.165, 1.54) is 23.7 Å². The predicted molar refractivity (Wildman–Crippen MR) is 95.8 cm³/mol. The number of carbonyl (C=O) groups is 2. The van der Waals surface area contributed by atoms with Crippen molar-refractivity contribution in [2.75, 3.05) is 6.54 Å². The van der Waals surface area contributed by atoms with E-state index in [0.29, 0.717) is 5.69 Å². The standard InChI is InChI=1S/C19H15F2N5O3/c1-10(9-23-19(28)17-7-18(11(2)27)29-25-17)26-4-3-16(24-26)12-5-14(20)13(8-22)15(21)6-12/h3-7,10H,9H2,1-2H3,(H,23,28). The summed E-state index contributed by atoms with van der Waals surface area (Å²) in [6.07, 6.45) is 1.60. The fourth-order valence-electron chi connectivity index (χ4n) is 2.54. The number of nitrogens with one attached hydrogen (secondary N) is 1. The Morgan fingerprint density at radius 1 is 1.31 bits per heavy atom. The van der Waals surface area contributed by atoms with Gasteiger partial charge in [-0.15, -0.1) is 0 Å². The molecule has 3 rings (SSSR count). The molecule has 1 amide bonds. The van der Waals surface area contributed by atoms with Crippen LogP contribution in [0.2, 0.25) is 0 Å². The van der Waals surface area contributed by atoms with Crippen LogP contribution in [-0.2, 0) is 0 Å². The number of hydrogen-bond donors (Lipinski definition) is 1. The van der Waals surface area contributed by atoms with Crippen LogP contribution in [0.1, 0.15) is 46.5 Å². The molecule has 0 bridgehead atoms. The first-order valence-electron chi connectivity index (χ1n) is 8.50. The Labute approximate surface area is 163 Å². The van der Waals surface area contributed by atoms with Gasteiger partial charge in [0, 0.05) is 31.3 Å². The molecule has 3 aromatic rings. The maximum atomic E-state index is 13.8. The minimum Gasteiger partial charge on any atom is -0.352 e. The Morgan fingerprint density at radius 2 is 2.00 bits per heavy atom. The van der Waals surface area contributed by atoms with E-state index in [0.717, 1.165) is 12.1 Å². The Morgan fingerprint density at radius 3 is 2.59 bits per heavy atom. The van der Waals surface area contributed by atoms with Gasteiger partial charge in [0.1, 0.15) is 23.3 Å². The first-order chi connectivity index (χ1) is 13.8. The molecule has 0 saturated carbocycles. The summed E-state index contributed by atoms with van der Waals surface area (Å²) in [6, 6.07) is 6.07. The molecule has 2 aromatic heterocycles. The summed E-state index contributed by atoms with van der Waals surface area (Å²) < 4.78 is 33.9. The van der Waals surface area contributed by atoms with Gasteiger partial charge in [-0.2, -0.15) is 10.4 Å². The molecule has 1 atom stereocenters. The first-order valence-corrected chi connectivity index (χ1v) is 8.50. The van der Waals surface area contributed by atoms with Gasteiger partial charge in [-0.1, -0.05) is 5.16 Å². The molecule has 0 aliphatic carbocycles. The minimum absolute atomic E-state index is 0.0122. The van der Waals surface area contributed by atoms with E-state index >= 15 is 0 Å². The predicted octanol–water partition coefficient (Wildman–Crippen LogP) is 2.88. The van der Waals surface area contributed by atoms with E-state index < -0.39 is 23.1 Å². The van der Waals surface area contributed by atoms with Crippen LogP contribution in [0.15, 0.2) is 35.0 Å². The van der Waals surface area contributed by atoms with Gasteiger partial charge in [0.2, 0.25) is 5.76 Å². The molecule has 0 saturated heterocycles. The lowest BCUT2D eigenvalue weighted by Gasteiger charge is -2.12. The van der Waals surface area contributed by atoms with Gasteiger partial charge in [-0.25, -0.2) is 8.78 Å². The van der Waals surface area contributed by atoms with Crippen molar-refractivity contribution in [2.45, 2.75) is 19.9 Å². The first kappa shape index (κ1) is 19.9. The van der Waals surface area contributed by atoms with Crippen LogP contribution in [0.4, 0.5) is 8.78 Å². The molecule has 2 heterocycles. The molecule has 0 fully saturated rings. The number of carbonyl (C=O) groups excluding carboxylic acids is 2. The average Bonchev–Trinajstić information content (AvgIpc) is 3.35. The van der Waals surface area contributed by atoms with E-state index in [1.807, 2.05) is 0 Å². The molecular weight excluding hydrogens is 384 g/mol. The highest BCUT2D eigenvalue weighted by atomic mass is 19.1. The van der Waals surface area contributed by atoms with Crippen LogP contribution in [0.5, 0.6) is 0 Å². The second-order valence-electron chi connectivity index (χ2n) is 6.30. The third-order valence-corrected chi connectivity index (χ3v) is 4.16. The fraction of sp³-hybridized carbons (Fsp3) is 0.211. The van der Waals surface area contributed by atoms with Gasteiger partial charge in [0.15, 0.2) is 11.5 Å². The van der Waals surface area contributed by atoms with Crippen molar-refractivity contribution in [1.29, 1.82) is 5.26 Å². The quantitative estimate of drug-likeness (QED) is 0.638. The summed E-state index contributed by atoms with van der Waals surface area (Å²) in [6.45, 7) is 3.25.